The van der Waals surface area contributed by atoms with Gasteiger partial charge in [0.05, 0.1) is 0 Å². The van der Waals surface area contributed by atoms with Crippen LogP contribution in [0.3, 0.4) is 0 Å². The lowest BCUT2D eigenvalue weighted by Gasteiger charge is -2.14. The van der Waals surface area contributed by atoms with E-state index in [2.05, 4.69) is 46.0 Å². The molecule has 0 radical (unpaired) electrons. The van der Waals surface area contributed by atoms with Crippen LogP contribution in [0.25, 0.3) is 0 Å². The van der Waals surface area contributed by atoms with Gasteiger partial charge in [0.25, 0.3) is 0 Å². The van der Waals surface area contributed by atoms with E-state index >= 15 is 0 Å². The first-order chi connectivity index (χ1) is 8.20. The smallest absolute Gasteiger partial charge is 0.185 e. The zero-order chi connectivity index (χ0) is 12.3. The fraction of sp³-hybridized carbons (Fsp3) is 0.417. The number of anilines is 1. The summed E-state index contributed by atoms with van der Waals surface area (Å²) in [7, 11) is 4.06. The van der Waals surface area contributed by atoms with Crippen LogP contribution in [-0.2, 0) is 6.54 Å². The number of hydrogen-bond donors (Lipinski definition) is 1. The summed E-state index contributed by atoms with van der Waals surface area (Å²) in [6.45, 7) is 3.07. The van der Waals surface area contributed by atoms with Gasteiger partial charge in [0.1, 0.15) is 0 Å². The zero-order valence-electron chi connectivity index (χ0n) is 10.3. The van der Waals surface area contributed by atoms with Gasteiger partial charge in [-0.1, -0.05) is 0 Å². The largest absolute Gasteiger partial charge is 0.347 e. The summed E-state index contributed by atoms with van der Waals surface area (Å²) >= 11 is 3.49. The number of hydrogen-bond acceptors (Lipinski definition) is 5. The van der Waals surface area contributed by atoms with Gasteiger partial charge in [0, 0.05) is 30.7 Å². The Morgan fingerprint density at radius 2 is 2.35 bits per heavy atom. The predicted molar refractivity (Wildman–Crippen MR) is 76.0 cm³/mol. The fourth-order valence-electron chi connectivity index (χ4n) is 1.52. The Morgan fingerprint density at radius 1 is 1.53 bits per heavy atom. The second kappa shape index (κ2) is 5.62. The molecule has 92 valence electrons. The van der Waals surface area contributed by atoms with Gasteiger partial charge in [-0.25, -0.2) is 4.98 Å². The quantitative estimate of drug-likeness (QED) is 0.902. The van der Waals surface area contributed by atoms with Crippen LogP contribution in [0.15, 0.2) is 23.0 Å². The summed E-state index contributed by atoms with van der Waals surface area (Å²) in [5.74, 6) is 0. The van der Waals surface area contributed by atoms with Gasteiger partial charge < -0.3 is 10.2 Å². The predicted octanol–water partition coefficient (Wildman–Crippen LogP) is 3.12. The van der Waals surface area contributed by atoms with Crippen molar-refractivity contribution in [2.24, 2.45) is 0 Å². The highest BCUT2D eigenvalue weighted by Gasteiger charge is 2.11. The number of aromatic nitrogens is 1. The molecule has 2 aromatic rings. The van der Waals surface area contributed by atoms with Gasteiger partial charge in [0.2, 0.25) is 0 Å². The van der Waals surface area contributed by atoms with Crippen LogP contribution in [0.1, 0.15) is 23.4 Å². The number of nitrogens with one attached hydrogen (secondary N) is 1. The van der Waals surface area contributed by atoms with Crippen LogP contribution in [-0.4, -0.2) is 19.1 Å². The van der Waals surface area contributed by atoms with Gasteiger partial charge in [-0.3, -0.25) is 0 Å². The van der Waals surface area contributed by atoms with E-state index in [1.54, 1.807) is 22.7 Å². The Bertz CT molecular complexity index is 450. The van der Waals surface area contributed by atoms with Crippen LogP contribution >= 0.6 is 22.7 Å². The average Bonchev–Trinajstić information content (AvgIpc) is 2.98. The average molecular weight is 267 g/mol. The minimum absolute atomic E-state index is 0.371. The molecule has 1 N–H and O–H groups in total. The standard InChI is InChI=1S/C12H17N3S2/c1-9(13-2)11-6-14-12(17-11)15(3)7-10-4-5-16-8-10/h4-6,8-9,13H,7H2,1-3H3. The molecular weight excluding hydrogens is 250 g/mol. The summed E-state index contributed by atoms with van der Waals surface area (Å²) in [6.07, 6.45) is 1.96. The second-order valence-electron chi connectivity index (χ2n) is 4.04. The topological polar surface area (TPSA) is 28.2 Å². The van der Waals surface area contributed by atoms with Crippen LogP contribution in [0.2, 0.25) is 0 Å². The summed E-state index contributed by atoms with van der Waals surface area (Å²) in [4.78, 5) is 7.94. The maximum atomic E-state index is 4.47. The number of thiophene rings is 1. The second-order valence-corrected chi connectivity index (χ2v) is 5.86. The molecule has 5 heteroatoms. The molecule has 0 aliphatic heterocycles. The highest BCUT2D eigenvalue weighted by atomic mass is 32.1. The van der Waals surface area contributed by atoms with Crippen molar-refractivity contribution >= 4 is 27.8 Å². The summed E-state index contributed by atoms with van der Waals surface area (Å²) < 4.78 is 0. The molecule has 2 aromatic heterocycles. The Labute approximate surface area is 110 Å². The normalized spacial score (nSPS) is 12.6. The van der Waals surface area contributed by atoms with E-state index < -0.39 is 0 Å². The third-order valence-corrected chi connectivity index (χ3v) is 4.72. The van der Waals surface area contributed by atoms with E-state index in [0.29, 0.717) is 6.04 Å². The molecule has 0 fully saturated rings. The monoisotopic (exact) mass is 267 g/mol. The zero-order valence-corrected chi connectivity index (χ0v) is 11.9. The molecule has 0 aliphatic rings. The molecule has 0 saturated carbocycles. The van der Waals surface area contributed by atoms with Crippen molar-refractivity contribution in [3.63, 3.8) is 0 Å². The molecule has 3 nitrogen and oxygen atoms in total. The van der Waals surface area contributed by atoms with Gasteiger partial charge in [-0.05, 0) is 36.4 Å². The van der Waals surface area contributed by atoms with Crippen LogP contribution in [0.4, 0.5) is 5.13 Å². The Balaban J connectivity index is 2.04. The first kappa shape index (κ1) is 12.5. The molecular formula is C12H17N3S2. The summed E-state index contributed by atoms with van der Waals surface area (Å²) in [5.41, 5.74) is 1.34. The molecule has 0 spiro atoms. The third kappa shape index (κ3) is 3.06. The number of nitrogens with zero attached hydrogens (tertiary/aromatic N) is 2. The number of rotatable bonds is 5. The Hall–Kier alpha value is -0.910. The van der Waals surface area contributed by atoms with E-state index in [1.807, 2.05) is 13.2 Å². The van der Waals surface area contributed by atoms with Crippen molar-refractivity contribution in [1.29, 1.82) is 0 Å². The van der Waals surface area contributed by atoms with E-state index in [0.717, 1.165) is 11.7 Å². The van der Waals surface area contributed by atoms with Crippen molar-refractivity contribution in [3.05, 3.63) is 33.5 Å². The molecule has 1 atom stereocenters. The maximum absolute atomic E-state index is 4.47. The Morgan fingerprint density at radius 3 is 3.00 bits per heavy atom. The number of thiazole rings is 1. The molecule has 2 heterocycles. The molecule has 0 aliphatic carbocycles. The SMILES string of the molecule is CNC(C)c1cnc(N(C)Cc2ccsc2)s1. The molecule has 0 bridgehead atoms. The highest BCUT2D eigenvalue weighted by Crippen LogP contribution is 2.27. The summed E-state index contributed by atoms with van der Waals surface area (Å²) in [5, 5.41) is 8.60. The highest BCUT2D eigenvalue weighted by molar-refractivity contribution is 7.15. The van der Waals surface area contributed by atoms with Crippen molar-refractivity contribution < 1.29 is 0 Å². The van der Waals surface area contributed by atoms with Crippen LogP contribution in [0.5, 0.6) is 0 Å². The molecule has 2 rings (SSSR count). The molecule has 17 heavy (non-hydrogen) atoms. The van der Waals surface area contributed by atoms with Crippen molar-refractivity contribution in [2.45, 2.75) is 19.5 Å². The van der Waals surface area contributed by atoms with Gasteiger partial charge >= 0.3 is 0 Å². The molecule has 0 amide bonds. The lowest BCUT2D eigenvalue weighted by atomic mass is 10.3. The van der Waals surface area contributed by atoms with E-state index in [9.17, 15) is 0 Å². The van der Waals surface area contributed by atoms with E-state index in [-0.39, 0.29) is 0 Å². The minimum Gasteiger partial charge on any atom is -0.347 e. The lowest BCUT2D eigenvalue weighted by molar-refractivity contribution is 0.662. The molecule has 0 saturated heterocycles. The van der Waals surface area contributed by atoms with Gasteiger partial charge in [0.15, 0.2) is 5.13 Å². The van der Waals surface area contributed by atoms with Crippen LogP contribution in [0, 0.1) is 0 Å². The van der Waals surface area contributed by atoms with Gasteiger partial charge in [-0.15, -0.1) is 11.3 Å². The van der Waals surface area contributed by atoms with Crippen molar-refractivity contribution in [2.75, 3.05) is 19.0 Å². The fourth-order valence-corrected chi connectivity index (χ4v) is 3.12. The van der Waals surface area contributed by atoms with Crippen molar-refractivity contribution in [3.8, 4) is 0 Å². The Kier molecular flexibility index (Phi) is 4.15. The maximum Gasteiger partial charge on any atom is 0.185 e. The van der Waals surface area contributed by atoms with Crippen molar-refractivity contribution in [1.82, 2.24) is 10.3 Å². The van der Waals surface area contributed by atoms with E-state index in [1.165, 1.54) is 10.4 Å². The molecule has 0 aromatic carbocycles. The van der Waals surface area contributed by atoms with Crippen LogP contribution < -0.4 is 10.2 Å². The molecule has 1 unspecified atom stereocenters. The minimum atomic E-state index is 0.371. The first-order valence-electron chi connectivity index (χ1n) is 5.56. The summed E-state index contributed by atoms with van der Waals surface area (Å²) in [6, 6.07) is 2.53. The van der Waals surface area contributed by atoms with Gasteiger partial charge in [-0.2, -0.15) is 11.3 Å². The lowest BCUT2D eigenvalue weighted by Crippen LogP contribution is -2.15. The third-order valence-electron chi connectivity index (χ3n) is 2.70. The van der Waals surface area contributed by atoms with E-state index in [4.69, 9.17) is 0 Å². The first-order valence-corrected chi connectivity index (χ1v) is 7.32.